The van der Waals surface area contributed by atoms with Crippen LogP contribution >= 0.6 is 31.9 Å². The largest absolute Gasteiger partial charge is 0.395 e. The molecule has 0 aliphatic heterocycles. The molecule has 0 aliphatic carbocycles. The first-order chi connectivity index (χ1) is 7.06. The molecule has 1 N–H and O–H groups in total. The van der Waals surface area contributed by atoms with Crippen molar-refractivity contribution in [1.82, 2.24) is 4.90 Å². The van der Waals surface area contributed by atoms with E-state index in [0.717, 1.165) is 8.95 Å². The first-order valence-electron chi connectivity index (χ1n) is 4.37. The lowest BCUT2D eigenvalue weighted by Crippen LogP contribution is -2.29. The predicted molar refractivity (Wildman–Crippen MR) is 65.9 cm³/mol. The molecule has 5 heteroatoms. The van der Waals surface area contributed by atoms with E-state index in [2.05, 4.69) is 31.9 Å². The van der Waals surface area contributed by atoms with Crippen LogP contribution in [0.4, 0.5) is 0 Å². The fourth-order valence-corrected chi connectivity index (χ4v) is 1.90. The summed E-state index contributed by atoms with van der Waals surface area (Å²) >= 11 is 6.63. The lowest BCUT2D eigenvalue weighted by molar-refractivity contribution is 0.0766. The van der Waals surface area contributed by atoms with Gasteiger partial charge < -0.3 is 10.0 Å². The Morgan fingerprint density at radius 1 is 1.47 bits per heavy atom. The van der Waals surface area contributed by atoms with Gasteiger partial charge in [-0.05, 0) is 34.1 Å². The summed E-state index contributed by atoms with van der Waals surface area (Å²) in [5.74, 6) is -0.114. The number of carbonyl (C=O) groups is 1. The Morgan fingerprint density at radius 3 is 2.73 bits per heavy atom. The average molecular weight is 337 g/mol. The molecule has 82 valence electrons. The number of hydrogen-bond acceptors (Lipinski definition) is 2. The van der Waals surface area contributed by atoms with Crippen molar-refractivity contribution in [2.45, 2.75) is 0 Å². The number of amides is 1. The summed E-state index contributed by atoms with van der Waals surface area (Å²) in [7, 11) is 1.66. The van der Waals surface area contributed by atoms with E-state index < -0.39 is 0 Å². The van der Waals surface area contributed by atoms with Crippen LogP contribution in [0.3, 0.4) is 0 Å². The second-order valence-electron chi connectivity index (χ2n) is 3.07. The van der Waals surface area contributed by atoms with Crippen molar-refractivity contribution >= 4 is 37.8 Å². The first kappa shape index (κ1) is 12.7. The predicted octanol–water partition coefficient (Wildman–Crippen LogP) is 2.28. The van der Waals surface area contributed by atoms with Gasteiger partial charge in [-0.2, -0.15) is 0 Å². The van der Waals surface area contributed by atoms with Crippen molar-refractivity contribution in [3.8, 4) is 0 Å². The van der Waals surface area contributed by atoms with Gasteiger partial charge >= 0.3 is 0 Å². The zero-order chi connectivity index (χ0) is 11.4. The van der Waals surface area contributed by atoms with E-state index in [4.69, 9.17) is 5.11 Å². The van der Waals surface area contributed by atoms with Crippen molar-refractivity contribution in [2.24, 2.45) is 0 Å². The average Bonchev–Trinajstić information content (AvgIpc) is 2.21. The van der Waals surface area contributed by atoms with Crippen LogP contribution in [-0.2, 0) is 0 Å². The van der Waals surface area contributed by atoms with Gasteiger partial charge in [0.1, 0.15) is 0 Å². The molecular weight excluding hydrogens is 326 g/mol. The maximum atomic E-state index is 11.9. The molecule has 0 bridgehead atoms. The Labute approximate surface area is 105 Å². The molecule has 1 amide bonds. The van der Waals surface area contributed by atoms with Gasteiger partial charge in [-0.1, -0.05) is 15.9 Å². The lowest BCUT2D eigenvalue weighted by atomic mass is 10.2. The summed E-state index contributed by atoms with van der Waals surface area (Å²) in [5, 5.41) is 8.74. The van der Waals surface area contributed by atoms with Gasteiger partial charge in [0.15, 0.2) is 0 Å². The number of aliphatic hydroxyl groups is 1. The van der Waals surface area contributed by atoms with Crippen molar-refractivity contribution in [3.63, 3.8) is 0 Å². The SMILES string of the molecule is CN(CCO)C(=O)c1cc(Br)ccc1Br. The van der Waals surface area contributed by atoms with Gasteiger partial charge in [-0.25, -0.2) is 0 Å². The van der Waals surface area contributed by atoms with Gasteiger partial charge in [-0.15, -0.1) is 0 Å². The van der Waals surface area contributed by atoms with Gasteiger partial charge in [0.2, 0.25) is 0 Å². The molecule has 0 aromatic heterocycles. The van der Waals surface area contributed by atoms with Crippen LogP contribution in [0, 0.1) is 0 Å². The van der Waals surface area contributed by atoms with Gasteiger partial charge in [0, 0.05) is 22.5 Å². The van der Waals surface area contributed by atoms with Crippen LogP contribution in [0.1, 0.15) is 10.4 Å². The topological polar surface area (TPSA) is 40.5 Å². The van der Waals surface area contributed by atoms with Crippen LogP contribution in [-0.4, -0.2) is 36.1 Å². The first-order valence-corrected chi connectivity index (χ1v) is 5.96. The minimum atomic E-state index is -0.114. The molecule has 0 spiro atoms. The molecule has 0 aliphatic rings. The van der Waals surface area contributed by atoms with Crippen molar-refractivity contribution in [1.29, 1.82) is 0 Å². The molecule has 0 heterocycles. The number of likely N-dealkylation sites (N-methyl/N-ethyl adjacent to an activating group) is 1. The monoisotopic (exact) mass is 335 g/mol. The van der Waals surface area contributed by atoms with Gasteiger partial charge in [-0.3, -0.25) is 4.79 Å². The number of benzene rings is 1. The molecule has 0 fully saturated rings. The Kier molecular flexibility index (Phi) is 4.76. The fraction of sp³-hybridized carbons (Fsp3) is 0.300. The van der Waals surface area contributed by atoms with Crippen LogP contribution in [0.5, 0.6) is 0 Å². The fourth-order valence-electron chi connectivity index (χ4n) is 1.12. The second-order valence-corrected chi connectivity index (χ2v) is 4.84. The maximum Gasteiger partial charge on any atom is 0.254 e. The number of carbonyl (C=O) groups excluding carboxylic acids is 1. The van der Waals surface area contributed by atoms with Gasteiger partial charge in [0.05, 0.1) is 12.2 Å². The third-order valence-electron chi connectivity index (χ3n) is 1.94. The smallest absolute Gasteiger partial charge is 0.254 e. The van der Waals surface area contributed by atoms with E-state index in [1.807, 2.05) is 12.1 Å². The Hall–Kier alpha value is -0.390. The Morgan fingerprint density at radius 2 is 2.13 bits per heavy atom. The lowest BCUT2D eigenvalue weighted by Gasteiger charge is -2.16. The van der Waals surface area contributed by atoms with Gasteiger partial charge in [0.25, 0.3) is 5.91 Å². The van der Waals surface area contributed by atoms with Crippen molar-refractivity contribution in [3.05, 3.63) is 32.7 Å². The minimum absolute atomic E-state index is 0.0339. The summed E-state index contributed by atoms with van der Waals surface area (Å²) in [4.78, 5) is 13.4. The van der Waals surface area contributed by atoms with E-state index in [-0.39, 0.29) is 12.5 Å². The third-order valence-corrected chi connectivity index (χ3v) is 3.13. The number of nitrogens with zero attached hydrogens (tertiary/aromatic N) is 1. The quantitative estimate of drug-likeness (QED) is 0.919. The second kappa shape index (κ2) is 5.63. The molecule has 1 aromatic carbocycles. The van der Waals surface area contributed by atoms with Crippen LogP contribution in [0.2, 0.25) is 0 Å². The molecular formula is C10H11Br2NO2. The normalized spacial score (nSPS) is 10.1. The maximum absolute atomic E-state index is 11.9. The minimum Gasteiger partial charge on any atom is -0.395 e. The molecule has 3 nitrogen and oxygen atoms in total. The summed E-state index contributed by atoms with van der Waals surface area (Å²) < 4.78 is 1.60. The Bertz CT molecular complexity index is 368. The van der Waals surface area contributed by atoms with Crippen molar-refractivity contribution in [2.75, 3.05) is 20.2 Å². The molecule has 0 atom stereocenters. The number of rotatable bonds is 3. The highest BCUT2D eigenvalue weighted by atomic mass is 79.9. The van der Waals surface area contributed by atoms with E-state index >= 15 is 0 Å². The molecule has 0 saturated heterocycles. The van der Waals surface area contributed by atoms with E-state index in [9.17, 15) is 4.79 Å². The summed E-state index contributed by atoms with van der Waals surface area (Å²) in [6.07, 6.45) is 0. The van der Waals surface area contributed by atoms with Crippen LogP contribution in [0.15, 0.2) is 27.1 Å². The standard InChI is InChI=1S/C10H11Br2NO2/c1-13(4-5-14)10(15)8-6-7(11)2-3-9(8)12/h2-3,6,14H,4-5H2,1H3. The summed E-state index contributed by atoms with van der Waals surface area (Å²) in [6, 6.07) is 5.41. The zero-order valence-corrected chi connectivity index (χ0v) is 11.4. The molecule has 0 unspecified atom stereocenters. The highest BCUT2D eigenvalue weighted by Gasteiger charge is 2.14. The van der Waals surface area contributed by atoms with Crippen LogP contribution in [0.25, 0.3) is 0 Å². The number of halogens is 2. The third kappa shape index (κ3) is 3.29. The van der Waals surface area contributed by atoms with E-state index in [0.29, 0.717) is 12.1 Å². The highest BCUT2D eigenvalue weighted by molar-refractivity contribution is 9.11. The number of hydrogen-bond donors (Lipinski definition) is 1. The summed E-state index contributed by atoms with van der Waals surface area (Å²) in [6.45, 7) is 0.297. The van der Waals surface area contributed by atoms with E-state index in [1.54, 1.807) is 13.1 Å². The number of aliphatic hydroxyl groups excluding tert-OH is 1. The zero-order valence-electron chi connectivity index (χ0n) is 8.20. The molecule has 15 heavy (non-hydrogen) atoms. The molecule has 1 rings (SSSR count). The summed E-state index contributed by atoms with van der Waals surface area (Å²) in [5.41, 5.74) is 0.584. The Balaban J connectivity index is 2.95. The molecule has 0 radical (unpaired) electrons. The van der Waals surface area contributed by atoms with E-state index in [1.165, 1.54) is 4.90 Å². The van der Waals surface area contributed by atoms with Crippen LogP contribution < -0.4 is 0 Å². The molecule has 0 saturated carbocycles. The molecule has 1 aromatic rings. The van der Waals surface area contributed by atoms with Crippen molar-refractivity contribution < 1.29 is 9.90 Å². The highest BCUT2D eigenvalue weighted by Crippen LogP contribution is 2.22.